The SMILES string of the molecule is CC(=O)Oc1ccc(-c2ccc(C(=O)OCc3csc(C)n3)cc2)cc1. The van der Waals surface area contributed by atoms with Gasteiger partial charge in [-0.25, -0.2) is 9.78 Å². The number of carbonyl (C=O) groups is 2. The van der Waals surface area contributed by atoms with Crippen molar-refractivity contribution in [2.75, 3.05) is 0 Å². The van der Waals surface area contributed by atoms with Gasteiger partial charge in [0.15, 0.2) is 0 Å². The zero-order valence-corrected chi connectivity index (χ0v) is 15.2. The van der Waals surface area contributed by atoms with Gasteiger partial charge in [-0.15, -0.1) is 11.3 Å². The van der Waals surface area contributed by atoms with Crippen molar-refractivity contribution in [2.45, 2.75) is 20.5 Å². The molecule has 5 nitrogen and oxygen atoms in total. The number of hydrogen-bond acceptors (Lipinski definition) is 6. The fraction of sp³-hybridized carbons (Fsp3) is 0.150. The molecule has 0 aliphatic heterocycles. The van der Waals surface area contributed by atoms with Crippen molar-refractivity contribution in [3.63, 3.8) is 0 Å². The molecule has 0 saturated carbocycles. The van der Waals surface area contributed by atoms with E-state index in [0.717, 1.165) is 21.8 Å². The first-order valence-electron chi connectivity index (χ1n) is 7.98. The number of carbonyl (C=O) groups excluding carboxylic acids is 2. The van der Waals surface area contributed by atoms with Gasteiger partial charge in [0.1, 0.15) is 12.4 Å². The summed E-state index contributed by atoms with van der Waals surface area (Å²) >= 11 is 1.53. The third-order valence-electron chi connectivity index (χ3n) is 3.59. The number of nitrogens with zero attached hydrogens (tertiary/aromatic N) is 1. The monoisotopic (exact) mass is 367 g/mol. The summed E-state index contributed by atoms with van der Waals surface area (Å²) in [6.45, 7) is 3.44. The Hall–Kier alpha value is -2.99. The average molecular weight is 367 g/mol. The maximum absolute atomic E-state index is 12.1. The molecule has 0 amide bonds. The molecule has 0 bridgehead atoms. The van der Waals surface area contributed by atoms with Gasteiger partial charge in [0.25, 0.3) is 0 Å². The Balaban J connectivity index is 1.63. The summed E-state index contributed by atoms with van der Waals surface area (Å²) < 4.78 is 10.3. The van der Waals surface area contributed by atoms with Crippen molar-refractivity contribution >= 4 is 23.3 Å². The lowest BCUT2D eigenvalue weighted by Gasteiger charge is -2.06. The molecule has 6 heteroatoms. The van der Waals surface area contributed by atoms with Gasteiger partial charge in [-0.1, -0.05) is 24.3 Å². The second kappa shape index (κ2) is 7.93. The van der Waals surface area contributed by atoms with E-state index in [1.807, 2.05) is 36.6 Å². The molecule has 0 radical (unpaired) electrons. The summed E-state index contributed by atoms with van der Waals surface area (Å²) in [5.74, 6) is -0.237. The van der Waals surface area contributed by atoms with Gasteiger partial charge in [-0.3, -0.25) is 4.79 Å². The van der Waals surface area contributed by atoms with Crippen LogP contribution in [0.1, 0.15) is 28.0 Å². The fourth-order valence-electron chi connectivity index (χ4n) is 2.38. The molecule has 1 aromatic heterocycles. The molecular formula is C20H17NO4S. The molecule has 0 aliphatic rings. The molecule has 1 heterocycles. The number of rotatable bonds is 5. The second-order valence-electron chi connectivity index (χ2n) is 5.63. The molecular weight excluding hydrogens is 350 g/mol. The van der Waals surface area contributed by atoms with Gasteiger partial charge >= 0.3 is 11.9 Å². The smallest absolute Gasteiger partial charge is 0.338 e. The highest BCUT2D eigenvalue weighted by atomic mass is 32.1. The maximum atomic E-state index is 12.1. The Labute approximate surface area is 155 Å². The molecule has 3 aromatic rings. The summed E-state index contributed by atoms with van der Waals surface area (Å²) in [6.07, 6.45) is 0. The summed E-state index contributed by atoms with van der Waals surface area (Å²) in [5.41, 5.74) is 3.15. The van der Waals surface area contributed by atoms with Gasteiger partial charge in [-0.05, 0) is 42.3 Å². The molecule has 3 rings (SSSR count). The van der Waals surface area contributed by atoms with Crippen molar-refractivity contribution in [1.82, 2.24) is 4.98 Å². The third kappa shape index (κ3) is 4.55. The number of thiazole rings is 1. The number of benzene rings is 2. The van der Waals surface area contributed by atoms with Crippen LogP contribution >= 0.6 is 11.3 Å². The molecule has 0 unspecified atom stereocenters. The van der Waals surface area contributed by atoms with Crippen LogP contribution in [0.3, 0.4) is 0 Å². The molecule has 0 saturated heterocycles. The van der Waals surface area contributed by atoms with E-state index in [4.69, 9.17) is 9.47 Å². The van der Waals surface area contributed by atoms with Gasteiger partial charge in [-0.2, -0.15) is 0 Å². The summed E-state index contributed by atoms with van der Waals surface area (Å²) in [6, 6.07) is 14.3. The molecule has 132 valence electrons. The van der Waals surface area contributed by atoms with Crippen LogP contribution in [-0.2, 0) is 16.1 Å². The lowest BCUT2D eigenvalue weighted by molar-refractivity contribution is -0.131. The highest BCUT2D eigenvalue weighted by Gasteiger charge is 2.09. The van der Waals surface area contributed by atoms with E-state index >= 15 is 0 Å². The van der Waals surface area contributed by atoms with Crippen LogP contribution in [-0.4, -0.2) is 16.9 Å². The normalized spacial score (nSPS) is 10.4. The Morgan fingerprint density at radius 3 is 2.15 bits per heavy atom. The van der Waals surface area contributed by atoms with E-state index < -0.39 is 0 Å². The minimum atomic E-state index is -0.382. The highest BCUT2D eigenvalue weighted by molar-refractivity contribution is 7.09. The predicted molar refractivity (Wildman–Crippen MR) is 99.2 cm³/mol. The van der Waals surface area contributed by atoms with Gasteiger partial charge < -0.3 is 9.47 Å². The van der Waals surface area contributed by atoms with Crippen LogP contribution in [0, 0.1) is 6.92 Å². The number of hydrogen-bond donors (Lipinski definition) is 0. The van der Waals surface area contributed by atoms with Crippen molar-refractivity contribution in [1.29, 1.82) is 0 Å². The number of esters is 2. The van der Waals surface area contributed by atoms with Crippen LogP contribution in [0.25, 0.3) is 11.1 Å². The van der Waals surface area contributed by atoms with E-state index in [-0.39, 0.29) is 18.5 Å². The standard InChI is InChI=1S/C20H17NO4S/c1-13-21-18(12-26-13)11-24-20(23)17-5-3-15(4-6-17)16-7-9-19(10-8-16)25-14(2)22/h3-10,12H,11H2,1-2H3. The molecule has 0 N–H and O–H groups in total. The van der Waals surface area contributed by atoms with E-state index in [1.165, 1.54) is 18.3 Å². The largest absolute Gasteiger partial charge is 0.456 e. The molecule has 26 heavy (non-hydrogen) atoms. The van der Waals surface area contributed by atoms with Crippen LogP contribution in [0.2, 0.25) is 0 Å². The van der Waals surface area contributed by atoms with E-state index in [2.05, 4.69) is 4.98 Å². The predicted octanol–water partition coefficient (Wildman–Crippen LogP) is 4.40. The maximum Gasteiger partial charge on any atom is 0.338 e. The highest BCUT2D eigenvalue weighted by Crippen LogP contribution is 2.23. The van der Waals surface area contributed by atoms with Gasteiger partial charge in [0.05, 0.1) is 16.3 Å². The Morgan fingerprint density at radius 1 is 1.00 bits per heavy atom. The lowest BCUT2D eigenvalue weighted by Crippen LogP contribution is -2.05. The Kier molecular flexibility index (Phi) is 5.43. The Bertz CT molecular complexity index is 914. The molecule has 0 spiro atoms. The third-order valence-corrected chi connectivity index (χ3v) is 4.41. The first-order valence-corrected chi connectivity index (χ1v) is 8.86. The number of aromatic nitrogens is 1. The lowest BCUT2D eigenvalue weighted by atomic mass is 10.0. The minimum Gasteiger partial charge on any atom is -0.456 e. The fourth-order valence-corrected chi connectivity index (χ4v) is 2.97. The van der Waals surface area contributed by atoms with Gasteiger partial charge in [0, 0.05) is 12.3 Å². The molecule has 0 aliphatic carbocycles. The van der Waals surface area contributed by atoms with Crippen molar-refractivity contribution in [3.05, 3.63) is 70.2 Å². The zero-order chi connectivity index (χ0) is 18.5. The summed E-state index contributed by atoms with van der Waals surface area (Å²) in [5, 5.41) is 2.82. The zero-order valence-electron chi connectivity index (χ0n) is 14.4. The second-order valence-corrected chi connectivity index (χ2v) is 6.69. The van der Waals surface area contributed by atoms with E-state index in [0.29, 0.717) is 11.3 Å². The summed E-state index contributed by atoms with van der Waals surface area (Å²) in [7, 11) is 0. The number of aryl methyl sites for hydroxylation is 1. The van der Waals surface area contributed by atoms with Crippen LogP contribution < -0.4 is 4.74 Å². The van der Waals surface area contributed by atoms with E-state index in [1.54, 1.807) is 24.3 Å². The van der Waals surface area contributed by atoms with Crippen molar-refractivity contribution in [2.24, 2.45) is 0 Å². The van der Waals surface area contributed by atoms with Crippen LogP contribution in [0.4, 0.5) is 0 Å². The molecule has 0 atom stereocenters. The van der Waals surface area contributed by atoms with Crippen molar-refractivity contribution < 1.29 is 19.1 Å². The summed E-state index contributed by atoms with van der Waals surface area (Å²) in [4.78, 5) is 27.3. The Morgan fingerprint density at radius 2 is 1.62 bits per heavy atom. The first-order chi connectivity index (χ1) is 12.5. The molecule has 0 fully saturated rings. The molecule has 2 aromatic carbocycles. The van der Waals surface area contributed by atoms with E-state index in [9.17, 15) is 9.59 Å². The van der Waals surface area contributed by atoms with Crippen molar-refractivity contribution in [3.8, 4) is 16.9 Å². The van der Waals surface area contributed by atoms with Crippen LogP contribution in [0.5, 0.6) is 5.75 Å². The quantitative estimate of drug-likeness (QED) is 0.494. The van der Waals surface area contributed by atoms with Gasteiger partial charge in [0.2, 0.25) is 0 Å². The first kappa shape index (κ1) is 17.8. The topological polar surface area (TPSA) is 65.5 Å². The minimum absolute atomic E-state index is 0.169. The average Bonchev–Trinajstić information content (AvgIpc) is 3.05. The number of ether oxygens (including phenoxy) is 2. The van der Waals surface area contributed by atoms with Crippen LogP contribution in [0.15, 0.2) is 53.9 Å².